The largest absolute Gasteiger partial charge is 0.341 e. The molecule has 0 fully saturated rings. The van der Waals surface area contributed by atoms with Crippen LogP contribution in [0.2, 0.25) is 0 Å². The van der Waals surface area contributed by atoms with Crippen LogP contribution in [0.4, 0.5) is 0 Å². The molecular formula is C15H19N5. The van der Waals surface area contributed by atoms with Gasteiger partial charge in [0.1, 0.15) is 5.69 Å². The summed E-state index contributed by atoms with van der Waals surface area (Å²) in [6, 6.07) is 8.58. The number of aryl methyl sites for hydroxylation is 1. The minimum absolute atomic E-state index is 0.158. The van der Waals surface area contributed by atoms with Crippen molar-refractivity contribution in [1.82, 2.24) is 19.6 Å². The van der Waals surface area contributed by atoms with Gasteiger partial charge in [-0.05, 0) is 25.0 Å². The van der Waals surface area contributed by atoms with Crippen LogP contribution in [0, 0.1) is 0 Å². The summed E-state index contributed by atoms with van der Waals surface area (Å²) in [5, 5.41) is 9.41. The minimum Gasteiger partial charge on any atom is -0.341 e. The van der Waals surface area contributed by atoms with Gasteiger partial charge in [-0.15, -0.1) is 5.10 Å². The summed E-state index contributed by atoms with van der Waals surface area (Å²) in [4.78, 5) is 0. The molecule has 0 saturated carbocycles. The molecule has 2 aromatic heterocycles. The molecule has 0 radical (unpaired) electrons. The van der Waals surface area contributed by atoms with E-state index in [2.05, 4.69) is 45.3 Å². The van der Waals surface area contributed by atoms with Crippen LogP contribution in [0.1, 0.15) is 18.2 Å². The molecule has 5 heteroatoms. The second-order valence-corrected chi connectivity index (χ2v) is 5.36. The molecule has 0 aliphatic heterocycles. The predicted molar refractivity (Wildman–Crippen MR) is 79.4 cm³/mol. The van der Waals surface area contributed by atoms with Crippen molar-refractivity contribution in [1.29, 1.82) is 0 Å². The van der Waals surface area contributed by atoms with E-state index in [0.29, 0.717) is 0 Å². The molecule has 3 aromatic rings. The SMILES string of the molecule is CC(N)Cc1cn(Cc2cn(C)nn2)c2ccccc12. The standard InChI is InChI=1S/C15H19N5/c1-11(16)7-12-8-20(10-13-9-19(2)18-17-13)15-6-4-3-5-14(12)15/h3-6,8-9,11H,7,10,16H2,1-2H3. The molecule has 0 saturated heterocycles. The van der Waals surface area contributed by atoms with Crippen molar-refractivity contribution in [2.75, 3.05) is 0 Å². The number of fused-ring (bicyclic) bond motifs is 1. The second kappa shape index (κ2) is 5.09. The lowest BCUT2D eigenvalue weighted by atomic mass is 10.1. The monoisotopic (exact) mass is 269 g/mol. The third-order valence-electron chi connectivity index (χ3n) is 3.40. The minimum atomic E-state index is 0.158. The van der Waals surface area contributed by atoms with Gasteiger partial charge in [0.05, 0.1) is 6.54 Å². The molecule has 1 aromatic carbocycles. The third kappa shape index (κ3) is 2.44. The van der Waals surface area contributed by atoms with Crippen molar-refractivity contribution in [2.45, 2.75) is 25.9 Å². The molecule has 2 N–H and O–H groups in total. The molecule has 0 aliphatic carbocycles. The highest BCUT2D eigenvalue weighted by Crippen LogP contribution is 2.23. The first-order valence-electron chi connectivity index (χ1n) is 6.81. The first-order valence-corrected chi connectivity index (χ1v) is 6.81. The number of aromatic nitrogens is 4. The van der Waals surface area contributed by atoms with Gasteiger partial charge in [-0.1, -0.05) is 23.4 Å². The van der Waals surface area contributed by atoms with Gasteiger partial charge in [-0.25, -0.2) is 0 Å². The van der Waals surface area contributed by atoms with Crippen LogP contribution < -0.4 is 5.73 Å². The number of hydrogen-bond acceptors (Lipinski definition) is 3. The van der Waals surface area contributed by atoms with E-state index in [1.807, 2.05) is 20.2 Å². The molecule has 2 heterocycles. The quantitative estimate of drug-likeness (QED) is 0.784. The molecular weight excluding hydrogens is 250 g/mol. The molecule has 3 rings (SSSR count). The zero-order chi connectivity index (χ0) is 14.1. The summed E-state index contributed by atoms with van der Waals surface area (Å²) >= 11 is 0. The lowest BCUT2D eigenvalue weighted by Crippen LogP contribution is -2.17. The fourth-order valence-corrected chi connectivity index (χ4v) is 2.61. The molecule has 0 spiro atoms. The van der Waals surface area contributed by atoms with E-state index < -0.39 is 0 Å². The van der Waals surface area contributed by atoms with Gasteiger partial charge in [-0.2, -0.15) is 0 Å². The zero-order valence-electron chi connectivity index (χ0n) is 11.8. The molecule has 20 heavy (non-hydrogen) atoms. The van der Waals surface area contributed by atoms with Crippen LogP contribution in [0.25, 0.3) is 10.9 Å². The van der Waals surface area contributed by atoms with Crippen molar-refractivity contribution >= 4 is 10.9 Å². The average Bonchev–Trinajstić information content (AvgIpc) is 2.95. The lowest BCUT2D eigenvalue weighted by molar-refractivity contribution is 0.710. The topological polar surface area (TPSA) is 61.7 Å². The Labute approximate surface area is 118 Å². The lowest BCUT2D eigenvalue weighted by Gasteiger charge is -2.02. The van der Waals surface area contributed by atoms with E-state index in [0.717, 1.165) is 18.7 Å². The maximum Gasteiger partial charge on any atom is 0.102 e. The fraction of sp³-hybridized carbons (Fsp3) is 0.333. The van der Waals surface area contributed by atoms with Gasteiger partial charge < -0.3 is 10.3 Å². The van der Waals surface area contributed by atoms with Crippen LogP contribution in [0.5, 0.6) is 0 Å². The Hall–Kier alpha value is -2.14. The Morgan fingerprint density at radius 3 is 2.75 bits per heavy atom. The third-order valence-corrected chi connectivity index (χ3v) is 3.40. The average molecular weight is 269 g/mol. The Kier molecular flexibility index (Phi) is 3.28. The van der Waals surface area contributed by atoms with Crippen LogP contribution in [0.3, 0.4) is 0 Å². The number of para-hydroxylation sites is 1. The highest BCUT2D eigenvalue weighted by molar-refractivity contribution is 5.84. The fourth-order valence-electron chi connectivity index (χ4n) is 2.61. The molecule has 0 aliphatic rings. The highest BCUT2D eigenvalue weighted by atomic mass is 15.4. The predicted octanol–water partition coefficient (Wildman–Crippen LogP) is 1.71. The van der Waals surface area contributed by atoms with Crippen molar-refractivity contribution in [3.05, 3.63) is 47.9 Å². The molecule has 0 amide bonds. The molecule has 1 atom stereocenters. The summed E-state index contributed by atoms with van der Waals surface area (Å²) in [5.41, 5.74) is 9.41. The summed E-state index contributed by atoms with van der Waals surface area (Å²) < 4.78 is 3.95. The number of nitrogens with zero attached hydrogens (tertiary/aromatic N) is 4. The van der Waals surface area contributed by atoms with Gasteiger partial charge in [0, 0.05) is 36.4 Å². The maximum absolute atomic E-state index is 5.95. The molecule has 1 unspecified atom stereocenters. The Balaban J connectivity index is 2.02. The van der Waals surface area contributed by atoms with Gasteiger partial charge >= 0.3 is 0 Å². The first kappa shape index (κ1) is 12.9. The van der Waals surface area contributed by atoms with Crippen molar-refractivity contribution in [2.24, 2.45) is 12.8 Å². The zero-order valence-corrected chi connectivity index (χ0v) is 11.8. The number of rotatable bonds is 4. The number of hydrogen-bond donors (Lipinski definition) is 1. The normalized spacial score (nSPS) is 12.9. The van der Waals surface area contributed by atoms with Crippen molar-refractivity contribution in [3.63, 3.8) is 0 Å². The summed E-state index contributed by atoms with van der Waals surface area (Å²) in [5.74, 6) is 0. The summed E-state index contributed by atoms with van der Waals surface area (Å²) in [7, 11) is 1.88. The van der Waals surface area contributed by atoms with Crippen LogP contribution in [-0.4, -0.2) is 25.6 Å². The van der Waals surface area contributed by atoms with E-state index in [-0.39, 0.29) is 6.04 Å². The summed E-state index contributed by atoms with van der Waals surface area (Å²) in [6.45, 7) is 2.77. The second-order valence-electron chi connectivity index (χ2n) is 5.36. The number of benzene rings is 1. The Bertz CT molecular complexity index is 723. The van der Waals surface area contributed by atoms with E-state index in [9.17, 15) is 0 Å². The van der Waals surface area contributed by atoms with Gasteiger partial charge in [0.15, 0.2) is 0 Å². The first-order chi connectivity index (χ1) is 9.63. The Morgan fingerprint density at radius 2 is 2.05 bits per heavy atom. The van der Waals surface area contributed by atoms with Crippen molar-refractivity contribution < 1.29 is 0 Å². The Morgan fingerprint density at radius 1 is 1.25 bits per heavy atom. The van der Waals surface area contributed by atoms with Crippen LogP contribution in [0.15, 0.2) is 36.7 Å². The molecule has 0 bridgehead atoms. The molecule has 104 valence electrons. The van der Waals surface area contributed by atoms with Gasteiger partial charge in [0.2, 0.25) is 0 Å². The molecule has 5 nitrogen and oxygen atoms in total. The smallest absolute Gasteiger partial charge is 0.102 e. The van der Waals surface area contributed by atoms with E-state index in [1.165, 1.54) is 16.5 Å². The van der Waals surface area contributed by atoms with Crippen LogP contribution >= 0.6 is 0 Å². The maximum atomic E-state index is 5.95. The van der Waals surface area contributed by atoms with E-state index in [4.69, 9.17) is 5.73 Å². The van der Waals surface area contributed by atoms with E-state index >= 15 is 0 Å². The van der Waals surface area contributed by atoms with Crippen molar-refractivity contribution in [3.8, 4) is 0 Å². The highest BCUT2D eigenvalue weighted by Gasteiger charge is 2.10. The van der Waals surface area contributed by atoms with Gasteiger partial charge in [0.25, 0.3) is 0 Å². The van der Waals surface area contributed by atoms with Gasteiger partial charge in [-0.3, -0.25) is 4.68 Å². The summed E-state index contributed by atoms with van der Waals surface area (Å²) in [6.07, 6.45) is 5.01. The van der Waals surface area contributed by atoms with E-state index in [1.54, 1.807) is 4.68 Å². The van der Waals surface area contributed by atoms with Crippen LogP contribution in [-0.2, 0) is 20.0 Å². The number of nitrogens with two attached hydrogens (primary N) is 1.